The number of anilines is 1. The third kappa shape index (κ3) is 4.49. The van der Waals surface area contributed by atoms with Crippen molar-refractivity contribution in [1.29, 1.82) is 0 Å². The van der Waals surface area contributed by atoms with Crippen molar-refractivity contribution in [3.8, 4) is 0 Å². The summed E-state index contributed by atoms with van der Waals surface area (Å²) in [6.07, 6.45) is 0.727. The monoisotopic (exact) mass is 298 g/mol. The fourth-order valence-electron chi connectivity index (χ4n) is 2.82. The fourth-order valence-corrected chi connectivity index (χ4v) is 4.59. The molecule has 0 aromatic heterocycles. The second-order valence-corrected chi connectivity index (χ2v) is 8.84. The molecule has 0 radical (unpaired) electrons. The van der Waals surface area contributed by atoms with Crippen molar-refractivity contribution in [1.82, 2.24) is 4.72 Å². The molecule has 4 nitrogen and oxygen atoms in total. The van der Waals surface area contributed by atoms with Gasteiger partial charge in [-0.2, -0.15) is 0 Å². The molecule has 0 fully saturated rings. The third-order valence-electron chi connectivity index (χ3n) is 2.89. The van der Waals surface area contributed by atoms with Crippen LogP contribution in [-0.4, -0.2) is 14.0 Å². The summed E-state index contributed by atoms with van der Waals surface area (Å²) in [5.41, 5.74) is 6.27. The lowest BCUT2D eigenvalue weighted by molar-refractivity contribution is 0.269. The Bertz CT molecular complexity index is 564. The molecule has 20 heavy (non-hydrogen) atoms. The minimum absolute atomic E-state index is 0.0310. The number of hydrogen-bond acceptors (Lipinski definition) is 3. The Kier molecular flexibility index (Phi) is 4.56. The summed E-state index contributed by atoms with van der Waals surface area (Å²) in [6, 6.07) is 5.12. The van der Waals surface area contributed by atoms with E-state index in [1.54, 1.807) is 25.1 Å². The van der Waals surface area contributed by atoms with E-state index in [0.29, 0.717) is 5.56 Å². The van der Waals surface area contributed by atoms with E-state index in [1.807, 2.05) is 13.8 Å². The van der Waals surface area contributed by atoms with Gasteiger partial charge in [-0.3, -0.25) is 0 Å². The summed E-state index contributed by atoms with van der Waals surface area (Å²) in [4.78, 5) is 0.182. The van der Waals surface area contributed by atoms with Gasteiger partial charge in [0.2, 0.25) is 10.0 Å². The van der Waals surface area contributed by atoms with Gasteiger partial charge in [0.15, 0.2) is 0 Å². The van der Waals surface area contributed by atoms with Crippen LogP contribution >= 0.6 is 0 Å². The summed E-state index contributed by atoms with van der Waals surface area (Å²) in [5, 5.41) is 0. The van der Waals surface area contributed by atoms with Crippen LogP contribution in [0.1, 0.15) is 46.6 Å². The van der Waals surface area contributed by atoms with E-state index in [1.165, 1.54) is 0 Å². The number of benzene rings is 1. The molecule has 1 aromatic rings. The van der Waals surface area contributed by atoms with Crippen molar-refractivity contribution in [3.05, 3.63) is 23.8 Å². The van der Waals surface area contributed by atoms with Crippen LogP contribution in [0.5, 0.6) is 0 Å². The average molecular weight is 298 g/mol. The number of aryl methyl sites for hydroxylation is 1. The number of hydrogen-bond donors (Lipinski definition) is 2. The Balaban J connectivity index is 3.13. The molecule has 0 bridgehead atoms. The van der Waals surface area contributed by atoms with Gasteiger partial charge in [0, 0.05) is 5.54 Å². The average Bonchev–Trinajstić information content (AvgIpc) is 2.09. The second kappa shape index (κ2) is 5.37. The number of nitrogen functional groups attached to an aromatic ring is 1. The highest BCUT2D eigenvalue weighted by atomic mass is 32.2. The topological polar surface area (TPSA) is 72.2 Å². The van der Waals surface area contributed by atoms with E-state index in [4.69, 9.17) is 5.73 Å². The lowest BCUT2D eigenvalue weighted by Crippen LogP contribution is -2.46. The van der Waals surface area contributed by atoms with Gasteiger partial charge in [-0.15, -0.1) is 0 Å². The van der Waals surface area contributed by atoms with Gasteiger partial charge in [-0.25, -0.2) is 13.1 Å². The molecule has 0 aliphatic heterocycles. The predicted molar refractivity (Wildman–Crippen MR) is 84.1 cm³/mol. The van der Waals surface area contributed by atoms with Gasteiger partial charge in [0.1, 0.15) is 4.90 Å². The molecule has 0 amide bonds. The van der Waals surface area contributed by atoms with E-state index >= 15 is 0 Å². The van der Waals surface area contributed by atoms with Crippen LogP contribution in [0.25, 0.3) is 0 Å². The normalized spacial score (nSPS) is 13.5. The SMILES string of the molecule is Cc1cccc(N)c1S(=O)(=O)NC(C)(C)CC(C)(C)C. The van der Waals surface area contributed by atoms with Crippen molar-refractivity contribution < 1.29 is 8.42 Å². The van der Waals surface area contributed by atoms with Crippen LogP contribution in [0.15, 0.2) is 23.1 Å². The van der Waals surface area contributed by atoms with E-state index in [0.717, 1.165) is 6.42 Å². The second-order valence-electron chi connectivity index (χ2n) is 7.22. The van der Waals surface area contributed by atoms with E-state index in [-0.39, 0.29) is 16.0 Å². The maximum atomic E-state index is 12.6. The van der Waals surface area contributed by atoms with Crippen molar-refractivity contribution in [2.45, 2.75) is 58.4 Å². The standard InChI is InChI=1S/C15H26N2O2S/c1-11-8-7-9-12(16)13(11)20(18,19)17-15(5,6)10-14(2,3)4/h7-9,17H,10,16H2,1-6H3. The molecule has 114 valence electrons. The summed E-state index contributed by atoms with van der Waals surface area (Å²) >= 11 is 0. The Morgan fingerprint density at radius 2 is 1.70 bits per heavy atom. The maximum Gasteiger partial charge on any atom is 0.243 e. The minimum atomic E-state index is -3.63. The molecule has 0 saturated heterocycles. The van der Waals surface area contributed by atoms with Crippen molar-refractivity contribution >= 4 is 15.7 Å². The van der Waals surface area contributed by atoms with Gasteiger partial charge in [-0.1, -0.05) is 32.9 Å². The smallest absolute Gasteiger partial charge is 0.243 e. The molecule has 0 aliphatic carbocycles. The molecule has 0 aliphatic rings. The highest BCUT2D eigenvalue weighted by Gasteiger charge is 2.32. The molecule has 0 saturated carbocycles. The molecule has 0 spiro atoms. The van der Waals surface area contributed by atoms with Gasteiger partial charge < -0.3 is 5.73 Å². The highest BCUT2D eigenvalue weighted by molar-refractivity contribution is 7.89. The van der Waals surface area contributed by atoms with Gasteiger partial charge in [0.05, 0.1) is 5.69 Å². The highest BCUT2D eigenvalue weighted by Crippen LogP contribution is 2.30. The lowest BCUT2D eigenvalue weighted by Gasteiger charge is -2.33. The Labute approximate surface area is 122 Å². The van der Waals surface area contributed by atoms with Gasteiger partial charge >= 0.3 is 0 Å². The van der Waals surface area contributed by atoms with Crippen molar-refractivity contribution in [3.63, 3.8) is 0 Å². The van der Waals surface area contributed by atoms with Crippen molar-refractivity contribution in [2.24, 2.45) is 5.41 Å². The van der Waals surface area contributed by atoms with Crippen LogP contribution in [0.2, 0.25) is 0 Å². The molecular formula is C15H26N2O2S. The Morgan fingerprint density at radius 3 is 2.15 bits per heavy atom. The molecule has 5 heteroatoms. The molecule has 0 atom stereocenters. The van der Waals surface area contributed by atoms with E-state index in [9.17, 15) is 8.42 Å². The summed E-state index contributed by atoms with van der Waals surface area (Å²) in [7, 11) is -3.63. The molecule has 1 aromatic carbocycles. The number of sulfonamides is 1. The summed E-state index contributed by atoms with van der Waals surface area (Å²) in [5.74, 6) is 0. The van der Waals surface area contributed by atoms with Crippen molar-refractivity contribution in [2.75, 3.05) is 5.73 Å². The van der Waals surface area contributed by atoms with E-state index in [2.05, 4.69) is 25.5 Å². The van der Waals surface area contributed by atoms with Crippen LogP contribution in [0.3, 0.4) is 0 Å². The zero-order chi connectivity index (χ0) is 15.8. The quantitative estimate of drug-likeness (QED) is 0.839. The largest absolute Gasteiger partial charge is 0.398 e. The lowest BCUT2D eigenvalue weighted by atomic mass is 9.82. The first-order valence-electron chi connectivity index (χ1n) is 6.73. The Hall–Kier alpha value is -1.07. The van der Waals surface area contributed by atoms with Crippen LogP contribution < -0.4 is 10.5 Å². The Morgan fingerprint density at radius 1 is 1.15 bits per heavy atom. The maximum absolute atomic E-state index is 12.6. The van der Waals surface area contributed by atoms with E-state index < -0.39 is 15.6 Å². The molecular weight excluding hydrogens is 272 g/mol. The molecule has 0 heterocycles. The molecule has 3 N–H and O–H groups in total. The minimum Gasteiger partial charge on any atom is -0.398 e. The van der Waals surface area contributed by atoms with Crippen LogP contribution in [-0.2, 0) is 10.0 Å². The first-order valence-corrected chi connectivity index (χ1v) is 8.21. The van der Waals surface area contributed by atoms with Crippen LogP contribution in [0.4, 0.5) is 5.69 Å². The first kappa shape index (κ1) is 17.0. The molecule has 1 rings (SSSR count). The fraction of sp³-hybridized carbons (Fsp3) is 0.600. The summed E-state index contributed by atoms with van der Waals surface area (Å²) in [6.45, 7) is 11.8. The molecule has 0 unspecified atom stereocenters. The summed E-state index contributed by atoms with van der Waals surface area (Å²) < 4.78 is 27.9. The zero-order valence-electron chi connectivity index (χ0n) is 13.2. The van der Waals surface area contributed by atoms with Gasteiger partial charge in [-0.05, 0) is 44.2 Å². The zero-order valence-corrected chi connectivity index (χ0v) is 14.1. The first-order chi connectivity index (χ1) is 8.84. The number of nitrogens with two attached hydrogens (primary N) is 1. The number of rotatable bonds is 4. The number of nitrogens with one attached hydrogen (secondary N) is 1. The van der Waals surface area contributed by atoms with Gasteiger partial charge in [0.25, 0.3) is 0 Å². The third-order valence-corrected chi connectivity index (χ3v) is 4.81. The predicted octanol–water partition coefficient (Wildman–Crippen LogP) is 3.07. The van der Waals surface area contributed by atoms with Crippen LogP contribution in [0, 0.1) is 12.3 Å².